The summed E-state index contributed by atoms with van der Waals surface area (Å²) in [4.78, 5) is 24.7. The summed E-state index contributed by atoms with van der Waals surface area (Å²) in [6.45, 7) is 1.77. The van der Waals surface area contributed by atoms with E-state index in [1.807, 2.05) is 24.3 Å². The molecule has 0 heterocycles. The Balaban J connectivity index is 2.04. The molecule has 6 heteroatoms. The van der Waals surface area contributed by atoms with Crippen LogP contribution >= 0.6 is 11.6 Å². The van der Waals surface area contributed by atoms with E-state index in [0.717, 1.165) is 18.4 Å². The molecular weight excluding hydrogens is 316 g/mol. The summed E-state index contributed by atoms with van der Waals surface area (Å²) >= 11 is 5.94. The quantitative estimate of drug-likeness (QED) is 0.833. The van der Waals surface area contributed by atoms with Crippen molar-refractivity contribution in [1.29, 1.82) is 0 Å². The number of hydrogen-bond donors (Lipinski definition) is 2. The molecule has 1 aliphatic rings. The molecule has 0 spiro atoms. The van der Waals surface area contributed by atoms with Gasteiger partial charge in [-0.2, -0.15) is 0 Å². The second-order valence-corrected chi connectivity index (χ2v) is 6.73. The minimum Gasteiger partial charge on any atom is -0.481 e. The van der Waals surface area contributed by atoms with E-state index < -0.39 is 11.9 Å². The lowest BCUT2D eigenvalue weighted by Crippen LogP contribution is -2.44. The molecule has 0 saturated heterocycles. The van der Waals surface area contributed by atoms with Crippen molar-refractivity contribution in [2.24, 2.45) is 11.8 Å². The van der Waals surface area contributed by atoms with E-state index in [4.69, 9.17) is 16.7 Å². The van der Waals surface area contributed by atoms with Gasteiger partial charge in [0.25, 0.3) is 0 Å². The Labute approximate surface area is 141 Å². The average Bonchev–Trinajstić information content (AvgIpc) is 2.45. The topological polar surface area (TPSA) is 69.6 Å². The van der Waals surface area contributed by atoms with Crippen LogP contribution < -0.4 is 5.32 Å². The van der Waals surface area contributed by atoms with Crippen LogP contribution in [0, 0.1) is 11.8 Å². The van der Waals surface area contributed by atoms with Crippen molar-refractivity contribution in [2.45, 2.75) is 32.2 Å². The Kier molecular flexibility index (Phi) is 5.88. The molecule has 2 unspecified atom stereocenters. The fourth-order valence-electron chi connectivity index (χ4n) is 2.73. The Morgan fingerprint density at radius 3 is 2.43 bits per heavy atom. The molecule has 1 aliphatic carbocycles. The minimum atomic E-state index is -0.905. The summed E-state index contributed by atoms with van der Waals surface area (Å²) in [5.41, 5.74) is 1.03. The average molecular weight is 339 g/mol. The molecule has 2 rings (SSSR count). The van der Waals surface area contributed by atoms with Gasteiger partial charge in [-0.05, 0) is 36.5 Å². The zero-order valence-electron chi connectivity index (χ0n) is 13.5. The van der Waals surface area contributed by atoms with E-state index in [1.54, 1.807) is 14.0 Å². The maximum atomic E-state index is 12.4. The molecule has 2 atom stereocenters. The highest BCUT2D eigenvalue weighted by molar-refractivity contribution is 6.30. The van der Waals surface area contributed by atoms with Crippen LogP contribution in [0.5, 0.6) is 0 Å². The van der Waals surface area contributed by atoms with E-state index in [2.05, 4.69) is 5.32 Å². The van der Waals surface area contributed by atoms with Gasteiger partial charge < -0.3 is 15.3 Å². The third kappa shape index (κ3) is 4.61. The van der Waals surface area contributed by atoms with Gasteiger partial charge in [-0.1, -0.05) is 37.1 Å². The summed E-state index contributed by atoms with van der Waals surface area (Å²) in [5.74, 6) is -1.08. The van der Waals surface area contributed by atoms with Crippen LogP contribution in [-0.4, -0.2) is 35.6 Å². The summed E-state index contributed by atoms with van der Waals surface area (Å²) in [7, 11) is 1.62. The number of carboxylic acids is 1. The Morgan fingerprint density at radius 1 is 1.35 bits per heavy atom. The van der Waals surface area contributed by atoms with Gasteiger partial charge >= 0.3 is 12.0 Å². The predicted molar refractivity (Wildman–Crippen MR) is 89.5 cm³/mol. The molecule has 1 aromatic carbocycles. The highest BCUT2D eigenvalue weighted by Crippen LogP contribution is 2.38. The molecule has 0 aromatic heterocycles. The summed E-state index contributed by atoms with van der Waals surface area (Å²) < 4.78 is 0. The van der Waals surface area contributed by atoms with Crippen molar-refractivity contribution in [1.82, 2.24) is 10.2 Å². The van der Waals surface area contributed by atoms with E-state index in [-0.39, 0.29) is 18.6 Å². The molecule has 5 nitrogen and oxygen atoms in total. The number of hydrogen-bond acceptors (Lipinski definition) is 2. The van der Waals surface area contributed by atoms with Gasteiger partial charge in [0.15, 0.2) is 0 Å². The number of benzene rings is 1. The molecule has 2 amide bonds. The van der Waals surface area contributed by atoms with Gasteiger partial charge in [0, 0.05) is 18.6 Å². The number of halogens is 1. The number of nitrogens with one attached hydrogen (secondary N) is 1. The van der Waals surface area contributed by atoms with Crippen LogP contribution in [-0.2, 0) is 4.79 Å². The van der Waals surface area contributed by atoms with Gasteiger partial charge in [-0.3, -0.25) is 4.79 Å². The summed E-state index contributed by atoms with van der Waals surface area (Å²) in [6, 6.07) is 7.22. The molecule has 1 saturated carbocycles. The maximum absolute atomic E-state index is 12.4. The molecule has 2 N–H and O–H groups in total. The molecule has 1 aromatic rings. The standard InChI is InChI=1S/C17H23ClN2O3/c1-11(16(21)22)10-20(2)17(23)19-15(12-4-3-5-12)13-6-8-14(18)9-7-13/h6-9,11-12,15H,3-5,10H2,1-2H3,(H,19,23)(H,21,22). The highest BCUT2D eigenvalue weighted by atomic mass is 35.5. The largest absolute Gasteiger partial charge is 0.481 e. The predicted octanol–water partition coefficient (Wildman–Crippen LogP) is 3.54. The van der Waals surface area contributed by atoms with E-state index in [9.17, 15) is 9.59 Å². The number of nitrogens with zero attached hydrogens (tertiary/aromatic N) is 1. The van der Waals surface area contributed by atoms with E-state index in [0.29, 0.717) is 10.9 Å². The fraction of sp³-hybridized carbons (Fsp3) is 0.529. The van der Waals surface area contributed by atoms with Crippen molar-refractivity contribution in [2.75, 3.05) is 13.6 Å². The van der Waals surface area contributed by atoms with Crippen LogP contribution in [0.15, 0.2) is 24.3 Å². The Morgan fingerprint density at radius 2 is 1.96 bits per heavy atom. The van der Waals surface area contributed by atoms with Crippen molar-refractivity contribution in [3.8, 4) is 0 Å². The first-order chi connectivity index (χ1) is 10.9. The second kappa shape index (κ2) is 7.68. The number of carbonyl (C=O) groups is 2. The second-order valence-electron chi connectivity index (χ2n) is 6.29. The summed E-state index contributed by atoms with van der Waals surface area (Å²) in [5, 5.41) is 12.7. The fourth-order valence-corrected chi connectivity index (χ4v) is 2.86. The van der Waals surface area contributed by atoms with Gasteiger partial charge in [-0.25, -0.2) is 4.79 Å². The van der Waals surface area contributed by atoms with Crippen LogP contribution in [0.25, 0.3) is 0 Å². The minimum absolute atomic E-state index is 0.0592. The summed E-state index contributed by atoms with van der Waals surface area (Å²) in [6.07, 6.45) is 3.35. The third-order valence-electron chi connectivity index (χ3n) is 4.45. The normalized spacial score (nSPS) is 17.0. The van der Waals surface area contributed by atoms with Crippen LogP contribution in [0.4, 0.5) is 4.79 Å². The zero-order valence-corrected chi connectivity index (χ0v) is 14.2. The zero-order chi connectivity index (χ0) is 17.0. The number of amides is 2. The number of carboxylic acid groups (broad SMARTS) is 1. The van der Waals surface area contributed by atoms with Gasteiger partial charge in [0.1, 0.15) is 0 Å². The smallest absolute Gasteiger partial charge is 0.317 e. The molecule has 0 aliphatic heterocycles. The first kappa shape index (κ1) is 17.6. The van der Waals surface area contributed by atoms with Gasteiger partial charge in [0.2, 0.25) is 0 Å². The molecule has 126 valence electrons. The van der Waals surface area contributed by atoms with Crippen molar-refractivity contribution in [3.05, 3.63) is 34.9 Å². The lowest BCUT2D eigenvalue weighted by Gasteiger charge is -2.35. The lowest BCUT2D eigenvalue weighted by atomic mass is 9.77. The Bertz CT molecular complexity index is 557. The van der Waals surface area contributed by atoms with Crippen molar-refractivity contribution in [3.63, 3.8) is 0 Å². The number of aliphatic carboxylic acids is 1. The monoisotopic (exact) mass is 338 g/mol. The highest BCUT2D eigenvalue weighted by Gasteiger charge is 2.30. The van der Waals surface area contributed by atoms with E-state index >= 15 is 0 Å². The van der Waals surface area contributed by atoms with Crippen LogP contribution in [0.1, 0.15) is 37.8 Å². The maximum Gasteiger partial charge on any atom is 0.317 e. The van der Waals surface area contributed by atoms with Gasteiger partial charge in [0.05, 0.1) is 12.0 Å². The first-order valence-corrected chi connectivity index (χ1v) is 8.26. The van der Waals surface area contributed by atoms with Crippen LogP contribution in [0.2, 0.25) is 5.02 Å². The molecule has 0 radical (unpaired) electrons. The van der Waals surface area contributed by atoms with Crippen molar-refractivity contribution >= 4 is 23.6 Å². The Hall–Kier alpha value is -1.75. The molecule has 0 bridgehead atoms. The molecule has 23 heavy (non-hydrogen) atoms. The SMILES string of the molecule is CC(CN(C)C(=O)NC(c1ccc(Cl)cc1)C1CCC1)C(=O)O. The first-order valence-electron chi connectivity index (χ1n) is 7.88. The molecule has 1 fully saturated rings. The molecular formula is C17H23ClN2O3. The number of carbonyl (C=O) groups excluding carboxylic acids is 1. The van der Waals surface area contributed by atoms with Crippen molar-refractivity contribution < 1.29 is 14.7 Å². The third-order valence-corrected chi connectivity index (χ3v) is 4.70. The van der Waals surface area contributed by atoms with Gasteiger partial charge in [-0.15, -0.1) is 0 Å². The lowest BCUT2D eigenvalue weighted by molar-refractivity contribution is -0.141. The van der Waals surface area contributed by atoms with Crippen LogP contribution in [0.3, 0.4) is 0 Å². The number of urea groups is 1. The number of rotatable bonds is 6. The van der Waals surface area contributed by atoms with E-state index in [1.165, 1.54) is 11.3 Å².